The minimum absolute atomic E-state index is 0.0767. The summed E-state index contributed by atoms with van der Waals surface area (Å²) in [6.07, 6.45) is 68.5. The van der Waals surface area contributed by atoms with E-state index in [1.165, 1.54) is 193 Å². The molecule has 0 aliphatic heterocycles. The van der Waals surface area contributed by atoms with Gasteiger partial charge in [0.2, 0.25) is 0 Å². The van der Waals surface area contributed by atoms with Crippen molar-refractivity contribution in [2.45, 2.75) is 329 Å². The van der Waals surface area contributed by atoms with Crippen molar-refractivity contribution in [2.24, 2.45) is 0 Å². The maximum atomic E-state index is 12.9. The van der Waals surface area contributed by atoms with E-state index in [-0.39, 0.29) is 31.1 Å². The Balaban J connectivity index is 4.35. The van der Waals surface area contributed by atoms with E-state index < -0.39 is 6.10 Å². The van der Waals surface area contributed by atoms with Crippen LogP contribution < -0.4 is 0 Å². The third-order valence-electron chi connectivity index (χ3n) is 13.4. The Kier molecular flexibility index (Phi) is 55.2. The van der Waals surface area contributed by atoms with Crippen molar-refractivity contribution in [3.63, 3.8) is 0 Å². The lowest BCUT2D eigenvalue weighted by atomic mass is 10.0. The van der Waals surface area contributed by atoms with Gasteiger partial charge in [0.15, 0.2) is 6.10 Å². The molecule has 68 heavy (non-hydrogen) atoms. The Morgan fingerprint density at radius 2 is 0.529 bits per heavy atom. The fraction of sp³-hybridized carbons (Fsp3) is 0.855. The van der Waals surface area contributed by atoms with Gasteiger partial charge in [-0.15, -0.1) is 0 Å². The number of rotatable bonds is 55. The SMILES string of the molecule is CCCCCC/C=C\C/C=C\CCCCCCCC(=O)OC(COC(=O)CCCCCCC/C=C\CCCCCCCC)COC(=O)CCCCCCCCCCCCCCCCCCCCC. The summed E-state index contributed by atoms with van der Waals surface area (Å²) < 4.78 is 16.9. The number of carbonyl (C=O) groups excluding carboxylic acids is 3. The van der Waals surface area contributed by atoms with Crippen LogP contribution in [-0.4, -0.2) is 37.2 Å². The minimum Gasteiger partial charge on any atom is -0.462 e. The smallest absolute Gasteiger partial charge is 0.306 e. The summed E-state index contributed by atoms with van der Waals surface area (Å²) in [5.74, 6) is -0.880. The Labute approximate surface area is 423 Å². The lowest BCUT2D eigenvalue weighted by Crippen LogP contribution is -2.30. The van der Waals surface area contributed by atoms with Gasteiger partial charge in [0, 0.05) is 19.3 Å². The average molecular weight is 956 g/mol. The van der Waals surface area contributed by atoms with Crippen LogP contribution in [0.1, 0.15) is 323 Å². The molecule has 0 aromatic rings. The summed E-state index contributed by atoms with van der Waals surface area (Å²) in [5.41, 5.74) is 0. The van der Waals surface area contributed by atoms with Crippen molar-refractivity contribution in [3.8, 4) is 0 Å². The Morgan fingerprint density at radius 3 is 0.838 bits per heavy atom. The van der Waals surface area contributed by atoms with Gasteiger partial charge in [0.05, 0.1) is 0 Å². The van der Waals surface area contributed by atoms with Gasteiger partial charge in [0.1, 0.15) is 13.2 Å². The molecule has 1 atom stereocenters. The highest BCUT2D eigenvalue weighted by Gasteiger charge is 2.19. The van der Waals surface area contributed by atoms with E-state index in [1.807, 2.05) is 0 Å². The summed E-state index contributed by atoms with van der Waals surface area (Å²) in [5, 5.41) is 0. The van der Waals surface area contributed by atoms with Crippen LogP contribution in [0.5, 0.6) is 0 Å². The number of esters is 3. The lowest BCUT2D eigenvalue weighted by molar-refractivity contribution is -0.167. The van der Waals surface area contributed by atoms with E-state index in [1.54, 1.807) is 0 Å². The third-order valence-corrected chi connectivity index (χ3v) is 13.4. The average Bonchev–Trinajstić information content (AvgIpc) is 3.34. The molecule has 0 aromatic heterocycles. The van der Waals surface area contributed by atoms with Gasteiger partial charge in [0.25, 0.3) is 0 Å². The Hall–Kier alpha value is -2.37. The topological polar surface area (TPSA) is 78.9 Å². The largest absolute Gasteiger partial charge is 0.462 e. The molecule has 0 saturated carbocycles. The molecule has 0 aliphatic rings. The molecule has 0 amide bonds. The predicted octanol–water partition coefficient (Wildman–Crippen LogP) is 20.0. The summed E-state index contributed by atoms with van der Waals surface area (Å²) in [7, 11) is 0. The standard InChI is InChI=1S/C62H114O6/c1-4-7-10-13-16-19-22-25-28-30-31-32-35-37-40-43-46-49-52-55-61(64)67-58-59(57-66-60(63)54-51-48-45-42-39-36-33-27-24-21-18-15-12-9-6-3)68-62(65)56-53-50-47-44-41-38-34-29-26-23-20-17-14-11-8-5-2/h20,23,27,29,33-34,59H,4-19,21-22,24-26,28,30-32,35-58H2,1-3H3/b23-20-,33-27-,34-29-. The number of carbonyl (C=O) groups is 3. The van der Waals surface area contributed by atoms with Crippen LogP contribution in [0.15, 0.2) is 36.5 Å². The molecule has 6 nitrogen and oxygen atoms in total. The predicted molar refractivity (Wildman–Crippen MR) is 293 cm³/mol. The maximum Gasteiger partial charge on any atom is 0.306 e. The van der Waals surface area contributed by atoms with Gasteiger partial charge in [-0.05, 0) is 77.0 Å². The van der Waals surface area contributed by atoms with Crippen LogP contribution in [0.25, 0.3) is 0 Å². The molecule has 0 aromatic carbocycles. The molecule has 0 N–H and O–H groups in total. The molecule has 0 radical (unpaired) electrons. The Morgan fingerprint density at radius 1 is 0.294 bits per heavy atom. The van der Waals surface area contributed by atoms with Crippen LogP contribution in [0, 0.1) is 0 Å². The zero-order valence-corrected chi connectivity index (χ0v) is 45.6. The first kappa shape index (κ1) is 65.6. The van der Waals surface area contributed by atoms with Gasteiger partial charge >= 0.3 is 17.9 Å². The molecule has 1 unspecified atom stereocenters. The first-order valence-corrected chi connectivity index (χ1v) is 30.0. The molecule has 398 valence electrons. The maximum absolute atomic E-state index is 12.9. The second kappa shape index (κ2) is 57.2. The fourth-order valence-electron chi connectivity index (χ4n) is 8.82. The number of ether oxygens (including phenoxy) is 3. The van der Waals surface area contributed by atoms with Crippen molar-refractivity contribution in [1.82, 2.24) is 0 Å². The van der Waals surface area contributed by atoms with E-state index >= 15 is 0 Å². The first-order valence-electron chi connectivity index (χ1n) is 30.0. The van der Waals surface area contributed by atoms with Gasteiger partial charge in [-0.1, -0.05) is 263 Å². The van der Waals surface area contributed by atoms with E-state index in [0.717, 1.165) is 89.9 Å². The minimum atomic E-state index is -0.780. The zero-order chi connectivity index (χ0) is 49.3. The molecule has 0 spiro atoms. The van der Waals surface area contributed by atoms with Crippen LogP contribution in [0.2, 0.25) is 0 Å². The second-order valence-corrected chi connectivity index (χ2v) is 20.3. The van der Waals surface area contributed by atoms with E-state index in [4.69, 9.17) is 14.2 Å². The fourth-order valence-corrected chi connectivity index (χ4v) is 8.82. The zero-order valence-electron chi connectivity index (χ0n) is 45.6. The first-order chi connectivity index (χ1) is 33.5. The lowest BCUT2D eigenvalue weighted by Gasteiger charge is -2.18. The quantitative estimate of drug-likeness (QED) is 0.0262. The van der Waals surface area contributed by atoms with Crippen molar-refractivity contribution in [2.75, 3.05) is 13.2 Å². The van der Waals surface area contributed by atoms with Crippen molar-refractivity contribution < 1.29 is 28.6 Å². The summed E-state index contributed by atoms with van der Waals surface area (Å²) in [6.45, 7) is 6.65. The van der Waals surface area contributed by atoms with Crippen molar-refractivity contribution >= 4 is 17.9 Å². The van der Waals surface area contributed by atoms with Gasteiger partial charge < -0.3 is 14.2 Å². The van der Waals surface area contributed by atoms with Crippen molar-refractivity contribution in [1.29, 1.82) is 0 Å². The normalized spacial score (nSPS) is 12.2. The second-order valence-electron chi connectivity index (χ2n) is 20.3. The van der Waals surface area contributed by atoms with Crippen molar-refractivity contribution in [3.05, 3.63) is 36.5 Å². The number of unbranched alkanes of at least 4 members (excludes halogenated alkanes) is 38. The van der Waals surface area contributed by atoms with Gasteiger partial charge in [-0.3, -0.25) is 14.4 Å². The summed E-state index contributed by atoms with van der Waals surface area (Å²) in [6, 6.07) is 0. The summed E-state index contributed by atoms with van der Waals surface area (Å²) >= 11 is 0. The molecule has 0 aliphatic carbocycles. The van der Waals surface area contributed by atoms with Crippen LogP contribution in [-0.2, 0) is 28.6 Å². The van der Waals surface area contributed by atoms with Crippen LogP contribution >= 0.6 is 0 Å². The highest BCUT2D eigenvalue weighted by molar-refractivity contribution is 5.71. The molecule has 0 fully saturated rings. The molecular formula is C62H114O6. The van der Waals surface area contributed by atoms with Gasteiger partial charge in [-0.2, -0.15) is 0 Å². The number of hydrogen-bond donors (Lipinski definition) is 0. The third kappa shape index (κ3) is 54.6. The van der Waals surface area contributed by atoms with Crippen LogP contribution in [0.3, 0.4) is 0 Å². The highest BCUT2D eigenvalue weighted by atomic mass is 16.6. The number of hydrogen-bond acceptors (Lipinski definition) is 6. The monoisotopic (exact) mass is 955 g/mol. The van der Waals surface area contributed by atoms with E-state index in [0.29, 0.717) is 19.3 Å². The van der Waals surface area contributed by atoms with E-state index in [9.17, 15) is 14.4 Å². The highest BCUT2D eigenvalue weighted by Crippen LogP contribution is 2.17. The van der Waals surface area contributed by atoms with E-state index in [2.05, 4.69) is 57.2 Å². The number of allylic oxidation sites excluding steroid dienone is 6. The molecule has 6 heteroatoms. The molecular weight excluding hydrogens is 841 g/mol. The van der Waals surface area contributed by atoms with Gasteiger partial charge in [-0.25, -0.2) is 0 Å². The summed E-state index contributed by atoms with van der Waals surface area (Å²) in [4.78, 5) is 38.2. The molecule has 0 bridgehead atoms. The molecule has 0 heterocycles. The molecule has 0 saturated heterocycles. The Bertz CT molecular complexity index is 1140. The van der Waals surface area contributed by atoms with Crippen LogP contribution in [0.4, 0.5) is 0 Å². The molecule has 0 rings (SSSR count).